The molecule has 4 aromatic rings. The first-order chi connectivity index (χ1) is 16.8. The maximum absolute atomic E-state index is 13.6. The molecule has 1 aromatic heterocycles. The minimum atomic E-state index is -0.620. The lowest BCUT2D eigenvalue weighted by Crippen LogP contribution is -2.08. The Morgan fingerprint density at radius 2 is 1.63 bits per heavy atom. The van der Waals surface area contributed by atoms with E-state index < -0.39 is 5.97 Å². The van der Waals surface area contributed by atoms with Gasteiger partial charge in [-0.05, 0) is 68.6 Å². The maximum atomic E-state index is 13.6. The van der Waals surface area contributed by atoms with Crippen LogP contribution in [0.1, 0.15) is 58.2 Å². The summed E-state index contributed by atoms with van der Waals surface area (Å²) in [6.07, 6.45) is 3.32. The van der Waals surface area contributed by atoms with Crippen LogP contribution in [-0.4, -0.2) is 22.0 Å². The second-order valence-electron chi connectivity index (χ2n) is 8.05. The molecule has 0 unspecified atom stereocenters. The SMILES string of the molecule is CCCCCc1oc2cc(OC(=O)c3ccccc3)c(O)cc2c1C(=O)c1cc(Br)c(O)c(Br)c1. The lowest BCUT2D eigenvalue weighted by Gasteiger charge is -2.08. The summed E-state index contributed by atoms with van der Waals surface area (Å²) in [5, 5.41) is 21.1. The Labute approximate surface area is 218 Å². The Morgan fingerprint density at radius 3 is 2.29 bits per heavy atom. The van der Waals surface area contributed by atoms with Crippen molar-refractivity contribution < 1.29 is 29.0 Å². The summed E-state index contributed by atoms with van der Waals surface area (Å²) in [4.78, 5) is 26.1. The van der Waals surface area contributed by atoms with Gasteiger partial charge < -0.3 is 19.4 Å². The van der Waals surface area contributed by atoms with E-state index in [0.717, 1.165) is 19.3 Å². The molecule has 2 N–H and O–H groups in total. The molecule has 0 fully saturated rings. The van der Waals surface area contributed by atoms with E-state index in [2.05, 4.69) is 38.8 Å². The van der Waals surface area contributed by atoms with Gasteiger partial charge in [0.25, 0.3) is 0 Å². The van der Waals surface area contributed by atoms with Crippen molar-refractivity contribution in [3.63, 3.8) is 0 Å². The molecule has 4 rings (SSSR count). The van der Waals surface area contributed by atoms with Crippen molar-refractivity contribution in [3.8, 4) is 17.2 Å². The molecule has 0 saturated carbocycles. The number of ketones is 1. The first-order valence-corrected chi connectivity index (χ1v) is 12.7. The van der Waals surface area contributed by atoms with E-state index in [1.165, 1.54) is 24.3 Å². The quantitative estimate of drug-likeness (QED) is 0.0936. The third-order valence-electron chi connectivity index (χ3n) is 5.57. The van der Waals surface area contributed by atoms with E-state index in [-0.39, 0.29) is 23.0 Å². The number of fused-ring (bicyclic) bond motifs is 1. The van der Waals surface area contributed by atoms with Crippen LogP contribution in [0.15, 0.2) is 68.0 Å². The van der Waals surface area contributed by atoms with E-state index in [1.54, 1.807) is 30.3 Å². The van der Waals surface area contributed by atoms with Gasteiger partial charge in [0.05, 0.1) is 20.1 Å². The molecular formula is C27H22Br2O6. The second-order valence-corrected chi connectivity index (χ2v) is 9.76. The standard InChI is InChI=1S/C27H22Br2O6/c1-2-3-5-10-21-24(25(31)16-11-18(28)26(32)19(29)12-16)17-13-20(30)23(14-22(17)34-21)35-27(33)15-8-6-4-7-9-15/h4,6-9,11-14,30,32H,2-3,5,10H2,1H3. The molecule has 6 nitrogen and oxygen atoms in total. The predicted molar refractivity (Wildman–Crippen MR) is 139 cm³/mol. The summed E-state index contributed by atoms with van der Waals surface area (Å²) in [5.41, 5.74) is 1.33. The minimum Gasteiger partial charge on any atom is -0.506 e. The zero-order valence-corrected chi connectivity index (χ0v) is 22.0. The van der Waals surface area contributed by atoms with Gasteiger partial charge in [0.2, 0.25) is 0 Å². The fraction of sp³-hybridized carbons (Fsp3) is 0.185. The summed E-state index contributed by atoms with van der Waals surface area (Å²) in [6.45, 7) is 2.08. The van der Waals surface area contributed by atoms with Gasteiger partial charge in [0, 0.05) is 23.4 Å². The molecule has 0 saturated heterocycles. The zero-order chi connectivity index (χ0) is 25.1. The number of carbonyl (C=O) groups excluding carboxylic acids is 2. The van der Waals surface area contributed by atoms with Gasteiger partial charge in [-0.1, -0.05) is 38.0 Å². The molecule has 0 amide bonds. The van der Waals surface area contributed by atoms with Crippen LogP contribution in [0, 0.1) is 0 Å². The van der Waals surface area contributed by atoms with Crippen molar-refractivity contribution in [2.24, 2.45) is 0 Å². The van der Waals surface area contributed by atoms with Gasteiger partial charge in [-0.2, -0.15) is 0 Å². The number of esters is 1. The Kier molecular flexibility index (Phi) is 7.62. The average Bonchev–Trinajstić information content (AvgIpc) is 3.19. The van der Waals surface area contributed by atoms with Crippen LogP contribution in [-0.2, 0) is 6.42 Å². The van der Waals surface area contributed by atoms with Crippen LogP contribution >= 0.6 is 31.9 Å². The number of benzene rings is 3. The number of hydrogen-bond donors (Lipinski definition) is 2. The molecular weight excluding hydrogens is 580 g/mol. The van der Waals surface area contributed by atoms with Crippen molar-refractivity contribution >= 4 is 54.6 Å². The second kappa shape index (κ2) is 10.7. The Hall–Kier alpha value is -3.10. The minimum absolute atomic E-state index is 0.00992. The normalized spacial score (nSPS) is 11.1. The van der Waals surface area contributed by atoms with Gasteiger partial charge in [-0.15, -0.1) is 0 Å². The van der Waals surface area contributed by atoms with Crippen LogP contribution in [0.2, 0.25) is 0 Å². The molecule has 180 valence electrons. The van der Waals surface area contributed by atoms with Crippen molar-refractivity contribution in [1.29, 1.82) is 0 Å². The van der Waals surface area contributed by atoms with E-state index in [9.17, 15) is 19.8 Å². The lowest BCUT2D eigenvalue weighted by atomic mass is 9.98. The van der Waals surface area contributed by atoms with Crippen molar-refractivity contribution in [1.82, 2.24) is 0 Å². The van der Waals surface area contributed by atoms with E-state index in [0.29, 0.717) is 48.8 Å². The highest BCUT2D eigenvalue weighted by atomic mass is 79.9. The molecule has 8 heteroatoms. The number of hydrogen-bond acceptors (Lipinski definition) is 6. The highest BCUT2D eigenvalue weighted by molar-refractivity contribution is 9.11. The Morgan fingerprint density at radius 1 is 0.943 bits per heavy atom. The molecule has 0 atom stereocenters. The highest BCUT2D eigenvalue weighted by Gasteiger charge is 2.25. The molecule has 35 heavy (non-hydrogen) atoms. The first-order valence-electron chi connectivity index (χ1n) is 11.1. The number of ether oxygens (including phenoxy) is 1. The number of unbranched alkanes of at least 4 members (excludes halogenated alkanes) is 2. The zero-order valence-electron chi connectivity index (χ0n) is 18.8. The molecule has 0 aliphatic rings. The van der Waals surface area contributed by atoms with Crippen LogP contribution in [0.25, 0.3) is 11.0 Å². The number of aryl methyl sites for hydroxylation is 1. The van der Waals surface area contributed by atoms with Crippen molar-refractivity contribution in [3.05, 3.63) is 86.0 Å². The monoisotopic (exact) mass is 600 g/mol. The van der Waals surface area contributed by atoms with E-state index in [4.69, 9.17) is 9.15 Å². The molecule has 0 bridgehead atoms. The number of phenolic OH excluding ortho intramolecular Hbond substituents is 2. The first kappa shape index (κ1) is 25.0. The van der Waals surface area contributed by atoms with Crippen molar-refractivity contribution in [2.75, 3.05) is 0 Å². The largest absolute Gasteiger partial charge is 0.506 e. The van der Waals surface area contributed by atoms with Crippen molar-refractivity contribution in [2.45, 2.75) is 32.6 Å². The molecule has 0 spiro atoms. The number of halogens is 2. The molecule has 0 aliphatic heterocycles. The fourth-order valence-electron chi connectivity index (χ4n) is 3.78. The van der Waals surface area contributed by atoms with Crippen LogP contribution in [0.4, 0.5) is 0 Å². The summed E-state index contributed by atoms with van der Waals surface area (Å²) < 4.78 is 12.2. The lowest BCUT2D eigenvalue weighted by molar-refractivity contribution is 0.0729. The van der Waals surface area contributed by atoms with Crippen LogP contribution < -0.4 is 4.74 Å². The molecule has 0 radical (unpaired) electrons. The summed E-state index contributed by atoms with van der Waals surface area (Å²) >= 11 is 6.53. The number of phenols is 2. The van der Waals surface area contributed by atoms with E-state index in [1.807, 2.05) is 0 Å². The smallest absolute Gasteiger partial charge is 0.343 e. The van der Waals surface area contributed by atoms with Gasteiger partial charge in [-0.3, -0.25) is 4.79 Å². The van der Waals surface area contributed by atoms with Gasteiger partial charge in [0.15, 0.2) is 17.3 Å². The summed E-state index contributed by atoms with van der Waals surface area (Å²) in [5.74, 6) is -0.803. The third-order valence-corrected chi connectivity index (χ3v) is 6.78. The fourth-order valence-corrected chi connectivity index (χ4v) is 4.97. The number of carbonyl (C=O) groups is 2. The highest BCUT2D eigenvalue weighted by Crippen LogP contribution is 2.39. The van der Waals surface area contributed by atoms with Crippen LogP contribution in [0.5, 0.6) is 17.2 Å². The van der Waals surface area contributed by atoms with Gasteiger partial charge in [0.1, 0.15) is 17.1 Å². The maximum Gasteiger partial charge on any atom is 0.343 e. The Bertz CT molecular complexity index is 1390. The van der Waals surface area contributed by atoms with Crippen LogP contribution in [0.3, 0.4) is 0 Å². The summed E-state index contributed by atoms with van der Waals surface area (Å²) in [7, 11) is 0. The van der Waals surface area contributed by atoms with E-state index >= 15 is 0 Å². The number of furan rings is 1. The Balaban J connectivity index is 1.78. The van der Waals surface area contributed by atoms with Gasteiger partial charge >= 0.3 is 5.97 Å². The number of aromatic hydroxyl groups is 2. The summed E-state index contributed by atoms with van der Waals surface area (Å²) in [6, 6.07) is 14.3. The number of rotatable bonds is 8. The molecule has 0 aliphatic carbocycles. The van der Waals surface area contributed by atoms with Gasteiger partial charge in [-0.25, -0.2) is 4.79 Å². The molecule has 1 heterocycles. The average molecular weight is 602 g/mol. The third kappa shape index (κ3) is 5.28. The molecule has 3 aromatic carbocycles. The topological polar surface area (TPSA) is 97.0 Å². The predicted octanol–water partition coefficient (Wildman–Crippen LogP) is 7.55.